The van der Waals surface area contributed by atoms with Gasteiger partial charge in [-0.25, -0.2) is 9.07 Å². The molecule has 2 atom stereocenters. The lowest BCUT2D eigenvalue weighted by Crippen LogP contribution is -2.27. The van der Waals surface area contributed by atoms with Crippen LogP contribution in [0.3, 0.4) is 0 Å². The van der Waals surface area contributed by atoms with Gasteiger partial charge in [0.05, 0.1) is 25.8 Å². The highest BCUT2D eigenvalue weighted by Crippen LogP contribution is 2.39. The lowest BCUT2D eigenvalue weighted by Gasteiger charge is -2.18. The van der Waals surface area contributed by atoms with Gasteiger partial charge in [0.1, 0.15) is 22.9 Å². The molecule has 2 heterocycles. The van der Waals surface area contributed by atoms with E-state index in [0.29, 0.717) is 30.0 Å². The highest BCUT2D eigenvalue weighted by atomic mass is 19.1. The van der Waals surface area contributed by atoms with Gasteiger partial charge in [-0.3, -0.25) is 9.48 Å². The van der Waals surface area contributed by atoms with Gasteiger partial charge in [0.25, 0.3) is 0 Å². The van der Waals surface area contributed by atoms with Crippen molar-refractivity contribution >= 4 is 11.8 Å². The Morgan fingerprint density at radius 3 is 3.00 bits per heavy atom. The number of hydrogen-bond acceptors (Lipinski definition) is 6. The van der Waals surface area contributed by atoms with Crippen molar-refractivity contribution in [3.05, 3.63) is 12.3 Å². The summed E-state index contributed by atoms with van der Waals surface area (Å²) in [6, 6.07) is 1.68. The van der Waals surface area contributed by atoms with Crippen LogP contribution >= 0.6 is 0 Å². The summed E-state index contributed by atoms with van der Waals surface area (Å²) < 4.78 is 22.6. The van der Waals surface area contributed by atoms with Crippen LogP contribution in [-0.2, 0) is 23.1 Å². The number of hydrogen-bond donors (Lipinski definition) is 1. The number of nitrogens with two attached hydrogens (primary N) is 1. The normalized spacial score (nSPS) is 24.0. The molecule has 1 aliphatic rings. The van der Waals surface area contributed by atoms with Crippen LogP contribution in [-0.4, -0.2) is 43.5 Å². The number of nitrogens with zero attached hydrogens (tertiary/aromatic N) is 5. The van der Waals surface area contributed by atoms with Crippen molar-refractivity contribution in [1.29, 1.82) is 0 Å². The fourth-order valence-corrected chi connectivity index (χ4v) is 2.98. The Morgan fingerprint density at radius 2 is 2.35 bits per heavy atom. The Bertz CT molecular complexity index is 707. The van der Waals surface area contributed by atoms with Crippen LogP contribution in [0.4, 0.5) is 10.2 Å². The molecule has 2 N–H and O–H groups in total. The van der Waals surface area contributed by atoms with Crippen molar-refractivity contribution in [3.8, 4) is 11.4 Å². The lowest BCUT2D eigenvalue weighted by atomic mass is 10.0. The minimum absolute atomic E-state index is 0.0514. The molecule has 3 rings (SSSR count). The van der Waals surface area contributed by atoms with Gasteiger partial charge in [0.15, 0.2) is 0 Å². The highest BCUT2D eigenvalue weighted by Gasteiger charge is 2.43. The fourth-order valence-electron chi connectivity index (χ4n) is 2.98. The molecule has 0 aliphatic heterocycles. The largest absolute Gasteiger partial charge is 0.469 e. The minimum atomic E-state index is -1.48. The van der Waals surface area contributed by atoms with Gasteiger partial charge < -0.3 is 10.5 Å². The predicted molar refractivity (Wildman–Crippen MR) is 79.8 cm³/mol. The number of aromatic nitrogens is 5. The Balaban J connectivity index is 1.71. The van der Waals surface area contributed by atoms with Gasteiger partial charge in [-0.05, 0) is 19.3 Å². The second-order valence-electron chi connectivity index (χ2n) is 5.99. The molecule has 0 aromatic carbocycles. The van der Waals surface area contributed by atoms with Gasteiger partial charge in [0.2, 0.25) is 0 Å². The SMILES string of the molecule is COC(=O)[C@@H]1CC[C@](F)(Cn2cc(-c3cc(N)n(C)n3)nn2)C1. The number of aryl methyl sites for hydroxylation is 1. The third-order valence-corrected chi connectivity index (χ3v) is 4.25. The Hall–Kier alpha value is -2.45. The van der Waals surface area contributed by atoms with E-state index in [2.05, 4.69) is 15.4 Å². The van der Waals surface area contributed by atoms with Gasteiger partial charge in [0, 0.05) is 13.1 Å². The van der Waals surface area contributed by atoms with Gasteiger partial charge in [-0.15, -0.1) is 5.10 Å². The molecule has 0 radical (unpaired) electrons. The molecule has 0 spiro atoms. The number of alkyl halides is 1. The average molecular weight is 322 g/mol. The molecule has 2 aromatic rings. The van der Waals surface area contributed by atoms with E-state index in [0.717, 1.165) is 0 Å². The molecule has 0 saturated heterocycles. The number of carbonyl (C=O) groups is 1. The zero-order valence-corrected chi connectivity index (χ0v) is 13.1. The fraction of sp³-hybridized carbons (Fsp3) is 0.571. The topological polar surface area (TPSA) is 101 Å². The minimum Gasteiger partial charge on any atom is -0.469 e. The summed E-state index contributed by atoms with van der Waals surface area (Å²) in [6.07, 6.45) is 2.57. The van der Waals surface area contributed by atoms with Crippen molar-refractivity contribution < 1.29 is 13.9 Å². The standard InChI is InChI=1S/C14H19FN6O2/c1-20-12(16)5-10(18-20)11-7-21(19-17-11)8-14(15)4-3-9(6-14)13(22)23-2/h5,7,9H,3-4,6,8,16H2,1-2H3/t9-,14-/m1/s1. The van der Waals surface area contributed by atoms with Crippen LogP contribution < -0.4 is 5.73 Å². The molecular weight excluding hydrogens is 303 g/mol. The second-order valence-corrected chi connectivity index (χ2v) is 5.99. The number of ether oxygens (including phenoxy) is 1. The van der Waals surface area contributed by atoms with Gasteiger partial charge >= 0.3 is 5.97 Å². The molecule has 1 fully saturated rings. The first-order chi connectivity index (χ1) is 10.9. The Morgan fingerprint density at radius 1 is 1.57 bits per heavy atom. The lowest BCUT2D eigenvalue weighted by molar-refractivity contribution is -0.145. The summed E-state index contributed by atoms with van der Waals surface area (Å²) in [5.74, 6) is -0.232. The molecule has 2 aromatic heterocycles. The molecular formula is C14H19FN6O2. The van der Waals surface area contributed by atoms with Crippen molar-refractivity contribution in [2.75, 3.05) is 12.8 Å². The summed E-state index contributed by atoms with van der Waals surface area (Å²) in [4.78, 5) is 11.5. The number of carbonyl (C=O) groups excluding carboxylic acids is 1. The van der Waals surface area contributed by atoms with Crippen molar-refractivity contribution in [2.45, 2.75) is 31.5 Å². The monoisotopic (exact) mass is 322 g/mol. The van der Waals surface area contributed by atoms with Crippen molar-refractivity contribution in [3.63, 3.8) is 0 Å². The summed E-state index contributed by atoms with van der Waals surface area (Å²) in [5.41, 5.74) is 5.37. The summed E-state index contributed by atoms with van der Waals surface area (Å²) in [7, 11) is 3.05. The average Bonchev–Trinajstić information content (AvgIpc) is 3.20. The molecule has 0 amide bonds. The van der Waals surface area contributed by atoms with E-state index in [9.17, 15) is 9.18 Å². The number of rotatable bonds is 4. The third-order valence-electron chi connectivity index (χ3n) is 4.25. The summed E-state index contributed by atoms with van der Waals surface area (Å²) in [6.45, 7) is 0.0514. The first-order valence-electron chi connectivity index (χ1n) is 7.37. The molecule has 1 saturated carbocycles. The zero-order valence-electron chi connectivity index (χ0n) is 13.1. The smallest absolute Gasteiger partial charge is 0.308 e. The molecule has 9 heteroatoms. The molecule has 0 unspecified atom stereocenters. The summed E-state index contributed by atoms with van der Waals surface area (Å²) >= 11 is 0. The van der Waals surface area contributed by atoms with Crippen LogP contribution in [0.25, 0.3) is 11.4 Å². The second kappa shape index (κ2) is 5.64. The molecule has 0 bridgehead atoms. The van der Waals surface area contributed by atoms with E-state index in [-0.39, 0.29) is 24.9 Å². The molecule has 1 aliphatic carbocycles. The van der Waals surface area contributed by atoms with Crippen LogP contribution in [0.5, 0.6) is 0 Å². The number of nitrogen functional groups attached to an aromatic ring is 1. The first kappa shape index (κ1) is 15.4. The van der Waals surface area contributed by atoms with Crippen molar-refractivity contribution in [1.82, 2.24) is 24.8 Å². The van der Waals surface area contributed by atoms with E-state index in [1.165, 1.54) is 16.5 Å². The third kappa shape index (κ3) is 3.03. The van der Waals surface area contributed by atoms with Gasteiger partial charge in [-0.1, -0.05) is 5.21 Å². The van der Waals surface area contributed by atoms with E-state index >= 15 is 0 Å². The maximum Gasteiger partial charge on any atom is 0.308 e. The number of anilines is 1. The molecule has 23 heavy (non-hydrogen) atoms. The van der Waals surface area contributed by atoms with Crippen molar-refractivity contribution in [2.24, 2.45) is 13.0 Å². The van der Waals surface area contributed by atoms with E-state index in [1.807, 2.05) is 0 Å². The maximum atomic E-state index is 14.9. The van der Waals surface area contributed by atoms with E-state index < -0.39 is 5.67 Å². The van der Waals surface area contributed by atoms with Crippen LogP contribution in [0.2, 0.25) is 0 Å². The predicted octanol–water partition coefficient (Wildman–Crippen LogP) is 0.942. The van der Waals surface area contributed by atoms with E-state index in [1.54, 1.807) is 19.3 Å². The Kier molecular flexibility index (Phi) is 3.78. The van der Waals surface area contributed by atoms with E-state index in [4.69, 9.17) is 10.5 Å². The van der Waals surface area contributed by atoms with Gasteiger partial charge in [-0.2, -0.15) is 5.10 Å². The maximum absolute atomic E-state index is 14.9. The quantitative estimate of drug-likeness (QED) is 0.841. The number of esters is 1. The van der Waals surface area contributed by atoms with Crippen LogP contribution in [0.1, 0.15) is 19.3 Å². The van der Waals surface area contributed by atoms with Crippen LogP contribution in [0.15, 0.2) is 12.3 Å². The first-order valence-corrected chi connectivity index (χ1v) is 7.37. The highest BCUT2D eigenvalue weighted by molar-refractivity contribution is 5.72. The Labute approximate surface area is 132 Å². The molecule has 8 nitrogen and oxygen atoms in total. The number of halogens is 1. The number of methoxy groups -OCH3 is 1. The zero-order chi connectivity index (χ0) is 16.6. The molecule has 124 valence electrons. The summed E-state index contributed by atoms with van der Waals surface area (Å²) in [5, 5.41) is 12.2. The van der Waals surface area contributed by atoms with Crippen LogP contribution in [0, 0.1) is 5.92 Å².